The summed E-state index contributed by atoms with van der Waals surface area (Å²) >= 11 is 0. The van der Waals surface area contributed by atoms with Gasteiger partial charge in [0.1, 0.15) is 5.69 Å². The molecule has 0 unspecified atom stereocenters. The lowest BCUT2D eigenvalue weighted by molar-refractivity contribution is 0.396. The van der Waals surface area contributed by atoms with Crippen molar-refractivity contribution in [3.05, 3.63) is 36.2 Å². The smallest absolute Gasteiger partial charge is 0.232 e. The number of H-pyrrole nitrogens is 1. The second kappa shape index (κ2) is 4.10. The van der Waals surface area contributed by atoms with Crippen molar-refractivity contribution in [1.82, 2.24) is 19.9 Å². The van der Waals surface area contributed by atoms with Crippen molar-refractivity contribution >= 4 is 11.0 Å². The van der Waals surface area contributed by atoms with Crippen LogP contribution in [0.25, 0.3) is 22.6 Å². The third kappa shape index (κ3) is 1.69. The number of ether oxygens (including phenoxy) is 1. The first-order chi connectivity index (χ1) is 8.78. The largest absolute Gasteiger partial charge is 0.480 e. The summed E-state index contributed by atoms with van der Waals surface area (Å²) in [7, 11) is 1.57. The van der Waals surface area contributed by atoms with Crippen LogP contribution in [0.15, 0.2) is 30.6 Å². The van der Waals surface area contributed by atoms with Gasteiger partial charge in [-0.05, 0) is 18.6 Å². The lowest BCUT2D eigenvalue weighted by atomic mass is 10.2. The molecule has 0 saturated carbocycles. The summed E-state index contributed by atoms with van der Waals surface area (Å²) in [6.07, 6.45) is 3.23. The highest BCUT2D eigenvalue weighted by atomic mass is 16.5. The van der Waals surface area contributed by atoms with E-state index in [1.54, 1.807) is 19.5 Å². The van der Waals surface area contributed by atoms with Gasteiger partial charge in [0, 0.05) is 0 Å². The Morgan fingerprint density at radius 2 is 2.06 bits per heavy atom. The maximum absolute atomic E-state index is 5.06. The summed E-state index contributed by atoms with van der Waals surface area (Å²) in [5, 5.41) is 0. The number of fused-ring (bicyclic) bond motifs is 1. The molecule has 18 heavy (non-hydrogen) atoms. The van der Waals surface area contributed by atoms with E-state index in [2.05, 4.69) is 19.9 Å². The molecule has 5 heteroatoms. The van der Waals surface area contributed by atoms with E-state index in [0.29, 0.717) is 17.4 Å². The number of benzene rings is 1. The predicted molar refractivity (Wildman–Crippen MR) is 68.4 cm³/mol. The topological polar surface area (TPSA) is 63.7 Å². The fourth-order valence-corrected chi connectivity index (χ4v) is 1.86. The lowest BCUT2D eigenvalue weighted by Gasteiger charge is -1.99. The minimum absolute atomic E-state index is 0.477. The van der Waals surface area contributed by atoms with Gasteiger partial charge in [-0.15, -0.1) is 0 Å². The number of aromatic nitrogens is 4. The molecule has 1 N–H and O–H groups in total. The number of hydrogen-bond acceptors (Lipinski definition) is 4. The van der Waals surface area contributed by atoms with Crippen LogP contribution in [0.3, 0.4) is 0 Å². The van der Waals surface area contributed by atoms with Gasteiger partial charge in [-0.2, -0.15) is 0 Å². The highest BCUT2D eigenvalue weighted by Gasteiger charge is 2.09. The van der Waals surface area contributed by atoms with Crippen LogP contribution in [-0.2, 0) is 0 Å². The molecule has 5 nitrogen and oxygen atoms in total. The Hall–Kier alpha value is -2.43. The molecule has 0 atom stereocenters. The number of para-hydroxylation sites is 1. The number of rotatable bonds is 2. The quantitative estimate of drug-likeness (QED) is 0.746. The van der Waals surface area contributed by atoms with Crippen LogP contribution in [0.1, 0.15) is 5.56 Å². The van der Waals surface area contributed by atoms with E-state index in [-0.39, 0.29) is 0 Å². The molecule has 1 aromatic carbocycles. The Labute approximate surface area is 104 Å². The van der Waals surface area contributed by atoms with Crippen molar-refractivity contribution in [1.29, 1.82) is 0 Å². The van der Waals surface area contributed by atoms with Crippen molar-refractivity contribution in [2.75, 3.05) is 7.11 Å². The summed E-state index contributed by atoms with van der Waals surface area (Å²) in [4.78, 5) is 16.2. The van der Waals surface area contributed by atoms with Gasteiger partial charge in [-0.1, -0.05) is 12.1 Å². The standard InChI is InChI=1S/C13H12N4O/c1-8-4-3-5-9-12(8)17-13(16-9)10-6-14-7-11(15-10)18-2/h3-7H,1-2H3,(H,16,17). The first-order valence-corrected chi connectivity index (χ1v) is 5.59. The van der Waals surface area contributed by atoms with Gasteiger partial charge >= 0.3 is 0 Å². The monoisotopic (exact) mass is 240 g/mol. The molecule has 0 spiro atoms. The minimum Gasteiger partial charge on any atom is -0.480 e. The molecule has 0 amide bonds. The van der Waals surface area contributed by atoms with E-state index in [0.717, 1.165) is 16.6 Å². The second-order valence-corrected chi connectivity index (χ2v) is 4.00. The normalized spacial score (nSPS) is 10.8. The molecule has 3 aromatic rings. The Bertz CT molecular complexity index is 705. The van der Waals surface area contributed by atoms with E-state index in [1.807, 2.05) is 25.1 Å². The fourth-order valence-electron chi connectivity index (χ4n) is 1.86. The maximum atomic E-state index is 5.06. The van der Waals surface area contributed by atoms with Crippen LogP contribution in [0.5, 0.6) is 5.88 Å². The van der Waals surface area contributed by atoms with Crippen LogP contribution in [0.4, 0.5) is 0 Å². The fraction of sp³-hybridized carbons (Fsp3) is 0.154. The Balaban J connectivity index is 2.16. The highest BCUT2D eigenvalue weighted by molar-refractivity contribution is 5.81. The molecule has 2 aromatic heterocycles. The Morgan fingerprint density at radius 3 is 2.83 bits per heavy atom. The van der Waals surface area contributed by atoms with Crippen LogP contribution in [-0.4, -0.2) is 27.0 Å². The number of hydrogen-bond donors (Lipinski definition) is 1. The van der Waals surface area contributed by atoms with Crippen molar-refractivity contribution in [3.63, 3.8) is 0 Å². The zero-order valence-electron chi connectivity index (χ0n) is 10.1. The third-order valence-corrected chi connectivity index (χ3v) is 2.78. The van der Waals surface area contributed by atoms with Gasteiger partial charge in [0.15, 0.2) is 5.82 Å². The van der Waals surface area contributed by atoms with Gasteiger partial charge in [0.05, 0.1) is 30.5 Å². The van der Waals surface area contributed by atoms with Crippen LogP contribution in [0, 0.1) is 6.92 Å². The third-order valence-electron chi connectivity index (χ3n) is 2.78. The van der Waals surface area contributed by atoms with Gasteiger partial charge in [0.2, 0.25) is 5.88 Å². The SMILES string of the molecule is COc1cncc(-c2nc3c(C)cccc3[nH]2)n1. The number of nitrogens with one attached hydrogen (secondary N) is 1. The maximum Gasteiger partial charge on any atom is 0.232 e. The zero-order chi connectivity index (χ0) is 12.5. The summed E-state index contributed by atoms with van der Waals surface area (Å²) in [5.74, 6) is 1.18. The van der Waals surface area contributed by atoms with Crippen molar-refractivity contribution in [2.45, 2.75) is 6.92 Å². The zero-order valence-corrected chi connectivity index (χ0v) is 10.1. The van der Waals surface area contributed by atoms with Crippen LogP contribution >= 0.6 is 0 Å². The average molecular weight is 240 g/mol. The molecule has 0 aliphatic rings. The first-order valence-electron chi connectivity index (χ1n) is 5.59. The van der Waals surface area contributed by atoms with Crippen LogP contribution in [0.2, 0.25) is 0 Å². The number of methoxy groups -OCH3 is 1. The van der Waals surface area contributed by atoms with Gasteiger partial charge < -0.3 is 9.72 Å². The number of aryl methyl sites for hydroxylation is 1. The molecule has 0 aliphatic heterocycles. The van der Waals surface area contributed by atoms with E-state index < -0.39 is 0 Å². The summed E-state index contributed by atoms with van der Waals surface area (Å²) in [6, 6.07) is 6.02. The van der Waals surface area contributed by atoms with Gasteiger partial charge in [-0.3, -0.25) is 4.98 Å². The Morgan fingerprint density at radius 1 is 1.17 bits per heavy atom. The molecular formula is C13H12N4O. The number of imidazole rings is 1. The molecule has 0 aliphatic carbocycles. The molecule has 0 radical (unpaired) electrons. The molecule has 0 saturated heterocycles. The molecular weight excluding hydrogens is 228 g/mol. The predicted octanol–water partition coefficient (Wildman–Crippen LogP) is 2.34. The number of nitrogens with zero attached hydrogens (tertiary/aromatic N) is 3. The second-order valence-electron chi connectivity index (χ2n) is 4.00. The van der Waals surface area contributed by atoms with Crippen LogP contribution < -0.4 is 4.74 Å². The average Bonchev–Trinajstić information content (AvgIpc) is 2.84. The van der Waals surface area contributed by atoms with Crippen molar-refractivity contribution in [3.8, 4) is 17.4 Å². The first kappa shape index (κ1) is 10.7. The Kier molecular flexibility index (Phi) is 2.44. The summed E-state index contributed by atoms with van der Waals surface area (Å²) in [6.45, 7) is 2.03. The summed E-state index contributed by atoms with van der Waals surface area (Å²) in [5.41, 5.74) is 3.75. The summed E-state index contributed by atoms with van der Waals surface area (Å²) < 4.78 is 5.06. The molecule has 90 valence electrons. The van der Waals surface area contributed by atoms with E-state index >= 15 is 0 Å². The highest BCUT2D eigenvalue weighted by Crippen LogP contribution is 2.21. The minimum atomic E-state index is 0.477. The molecule has 2 heterocycles. The molecule has 0 bridgehead atoms. The molecule has 3 rings (SSSR count). The van der Waals surface area contributed by atoms with Crippen molar-refractivity contribution in [2.24, 2.45) is 0 Å². The van der Waals surface area contributed by atoms with E-state index in [9.17, 15) is 0 Å². The van der Waals surface area contributed by atoms with Gasteiger partial charge in [0.25, 0.3) is 0 Å². The van der Waals surface area contributed by atoms with Crippen molar-refractivity contribution < 1.29 is 4.74 Å². The van der Waals surface area contributed by atoms with Gasteiger partial charge in [-0.25, -0.2) is 9.97 Å². The number of aromatic amines is 1. The lowest BCUT2D eigenvalue weighted by Crippen LogP contribution is -1.92. The van der Waals surface area contributed by atoms with E-state index in [4.69, 9.17) is 4.74 Å². The van der Waals surface area contributed by atoms with E-state index in [1.165, 1.54) is 0 Å². The molecule has 0 fully saturated rings.